The summed E-state index contributed by atoms with van der Waals surface area (Å²) in [6.45, 7) is -0.484. The first-order valence-electron chi connectivity index (χ1n) is 9.61. The van der Waals surface area contributed by atoms with Crippen LogP contribution in [0.3, 0.4) is 0 Å². The van der Waals surface area contributed by atoms with E-state index in [2.05, 4.69) is 4.74 Å². The van der Waals surface area contributed by atoms with Crippen LogP contribution in [0.1, 0.15) is 16.7 Å². The van der Waals surface area contributed by atoms with Gasteiger partial charge in [-0.1, -0.05) is 30.3 Å². The number of hydrogen-bond donors (Lipinski definition) is 0. The molecule has 0 saturated carbocycles. The molecule has 1 fully saturated rings. The summed E-state index contributed by atoms with van der Waals surface area (Å²) in [5, 5.41) is 0. The molecule has 1 heterocycles. The van der Waals surface area contributed by atoms with Crippen molar-refractivity contribution in [1.82, 2.24) is 9.80 Å². The molecule has 2 aromatic rings. The third kappa shape index (κ3) is 6.78. The fraction of sp³-hybridized carbons (Fsp3) is 0.318. The molecule has 0 bridgehead atoms. The lowest BCUT2D eigenvalue weighted by Gasteiger charge is -2.34. The summed E-state index contributed by atoms with van der Waals surface area (Å²) in [6.07, 6.45) is -1.38. The van der Waals surface area contributed by atoms with E-state index in [4.69, 9.17) is 0 Å². The van der Waals surface area contributed by atoms with Crippen LogP contribution in [0.5, 0.6) is 5.75 Å². The predicted octanol–water partition coefficient (Wildman–Crippen LogP) is 4.66. The summed E-state index contributed by atoms with van der Waals surface area (Å²) in [7, 11) is 0. The molecule has 4 nitrogen and oxygen atoms in total. The molecule has 0 radical (unpaired) electrons. The molecule has 9 heteroatoms. The Balaban J connectivity index is 1.49. The summed E-state index contributed by atoms with van der Waals surface area (Å²) in [6, 6.07) is 11.2. The van der Waals surface area contributed by atoms with E-state index in [0.717, 1.165) is 12.1 Å². The van der Waals surface area contributed by atoms with Crippen molar-refractivity contribution in [3.05, 3.63) is 71.3 Å². The number of hydrogen-bond acceptors (Lipinski definition) is 3. The second kappa shape index (κ2) is 9.91. The first-order valence-corrected chi connectivity index (χ1v) is 9.61. The quantitative estimate of drug-likeness (QED) is 0.484. The van der Waals surface area contributed by atoms with Gasteiger partial charge in [0.05, 0.1) is 5.56 Å². The number of amides is 1. The van der Waals surface area contributed by atoms with Gasteiger partial charge in [-0.05, 0) is 35.4 Å². The van der Waals surface area contributed by atoms with Gasteiger partial charge in [0, 0.05) is 38.8 Å². The molecule has 3 rings (SSSR count). The van der Waals surface area contributed by atoms with Crippen LogP contribution in [-0.4, -0.2) is 48.5 Å². The van der Waals surface area contributed by atoms with Gasteiger partial charge in [-0.3, -0.25) is 9.69 Å². The lowest BCUT2D eigenvalue weighted by atomic mass is 10.1. The van der Waals surface area contributed by atoms with Crippen molar-refractivity contribution in [3.63, 3.8) is 0 Å². The van der Waals surface area contributed by atoms with Gasteiger partial charge in [-0.2, -0.15) is 22.0 Å². The molecule has 0 aliphatic carbocycles. The lowest BCUT2D eigenvalue weighted by molar-refractivity contribution is -0.137. The van der Waals surface area contributed by atoms with Crippen LogP contribution in [0.25, 0.3) is 6.08 Å². The Bertz CT molecular complexity index is 905. The van der Waals surface area contributed by atoms with Crippen molar-refractivity contribution >= 4 is 12.0 Å². The number of alkyl halides is 5. The van der Waals surface area contributed by atoms with Crippen LogP contribution in [0.2, 0.25) is 0 Å². The Kier molecular flexibility index (Phi) is 7.27. The zero-order valence-electron chi connectivity index (χ0n) is 16.5. The first kappa shape index (κ1) is 22.7. The molecule has 31 heavy (non-hydrogen) atoms. The first-order chi connectivity index (χ1) is 14.7. The van der Waals surface area contributed by atoms with Gasteiger partial charge in [0.2, 0.25) is 5.91 Å². The molecule has 2 aromatic carbocycles. The third-order valence-corrected chi connectivity index (χ3v) is 4.87. The maximum Gasteiger partial charge on any atom is 0.416 e. The zero-order chi connectivity index (χ0) is 22.4. The Hall–Kier alpha value is -2.94. The molecule has 1 amide bonds. The van der Waals surface area contributed by atoms with E-state index < -0.39 is 18.4 Å². The Morgan fingerprint density at radius 2 is 1.71 bits per heavy atom. The van der Waals surface area contributed by atoms with Crippen LogP contribution in [0.15, 0.2) is 54.6 Å². The molecule has 1 aliphatic heterocycles. The van der Waals surface area contributed by atoms with Crippen molar-refractivity contribution in [2.24, 2.45) is 0 Å². The highest BCUT2D eigenvalue weighted by Gasteiger charge is 2.30. The summed E-state index contributed by atoms with van der Waals surface area (Å²) < 4.78 is 67.1. The van der Waals surface area contributed by atoms with Gasteiger partial charge in [-0.25, -0.2) is 0 Å². The topological polar surface area (TPSA) is 32.8 Å². The van der Waals surface area contributed by atoms with Gasteiger partial charge < -0.3 is 9.64 Å². The van der Waals surface area contributed by atoms with E-state index >= 15 is 0 Å². The van der Waals surface area contributed by atoms with Crippen LogP contribution in [0, 0.1) is 0 Å². The van der Waals surface area contributed by atoms with Crippen LogP contribution < -0.4 is 4.74 Å². The molecule has 0 spiro atoms. The minimum Gasteiger partial charge on any atom is -0.435 e. The van der Waals surface area contributed by atoms with Crippen LogP contribution in [-0.2, 0) is 17.5 Å². The number of ether oxygens (including phenoxy) is 1. The third-order valence-electron chi connectivity index (χ3n) is 4.87. The second-order valence-corrected chi connectivity index (χ2v) is 7.08. The van der Waals surface area contributed by atoms with E-state index in [-0.39, 0.29) is 11.7 Å². The van der Waals surface area contributed by atoms with Gasteiger partial charge in [0.25, 0.3) is 0 Å². The summed E-state index contributed by atoms with van der Waals surface area (Å²) >= 11 is 0. The standard InChI is InChI=1S/C22H21F5N2O2/c23-21(24)31-19-7-4-16(5-8-19)6-9-20(30)29-12-10-28(11-13-29)15-17-2-1-3-18(14-17)22(25,26)27/h1-9,14,21H,10-13,15H2/b9-6-. The molecular formula is C22H21F5N2O2. The van der Waals surface area contributed by atoms with Crippen molar-refractivity contribution in [2.75, 3.05) is 26.2 Å². The minimum absolute atomic E-state index is 0.0374. The number of piperazine rings is 1. The molecule has 0 unspecified atom stereocenters. The molecule has 1 saturated heterocycles. The number of rotatable bonds is 6. The zero-order valence-corrected chi connectivity index (χ0v) is 16.5. The summed E-state index contributed by atoms with van der Waals surface area (Å²) in [5.74, 6) is -0.151. The molecule has 0 aromatic heterocycles. The van der Waals surface area contributed by atoms with Crippen molar-refractivity contribution < 1.29 is 31.5 Å². The summed E-state index contributed by atoms with van der Waals surface area (Å²) in [4.78, 5) is 16.0. The van der Waals surface area contributed by atoms with E-state index in [1.807, 2.05) is 4.90 Å². The lowest BCUT2D eigenvalue weighted by Crippen LogP contribution is -2.47. The molecule has 0 N–H and O–H groups in total. The monoisotopic (exact) mass is 440 g/mol. The highest BCUT2D eigenvalue weighted by Crippen LogP contribution is 2.29. The van der Waals surface area contributed by atoms with Gasteiger partial charge >= 0.3 is 12.8 Å². The van der Waals surface area contributed by atoms with E-state index in [1.165, 1.54) is 24.3 Å². The normalized spacial score (nSPS) is 15.6. The van der Waals surface area contributed by atoms with Crippen molar-refractivity contribution in [1.29, 1.82) is 0 Å². The van der Waals surface area contributed by atoms with Gasteiger partial charge in [-0.15, -0.1) is 0 Å². The SMILES string of the molecule is O=C(/C=C\c1ccc(OC(F)F)cc1)N1CCN(Cc2cccc(C(F)(F)F)c2)CC1. The number of benzene rings is 2. The maximum atomic E-state index is 12.9. The maximum absolute atomic E-state index is 12.9. The number of nitrogens with zero attached hydrogens (tertiary/aromatic N) is 2. The molecule has 166 valence electrons. The predicted molar refractivity (Wildman–Crippen MR) is 105 cm³/mol. The molecule has 0 atom stereocenters. The molecule has 1 aliphatic rings. The summed E-state index contributed by atoms with van der Waals surface area (Å²) in [5.41, 5.74) is 0.574. The highest BCUT2D eigenvalue weighted by molar-refractivity contribution is 5.91. The van der Waals surface area contributed by atoms with Crippen LogP contribution >= 0.6 is 0 Å². The van der Waals surface area contributed by atoms with E-state index in [9.17, 15) is 26.7 Å². The van der Waals surface area contributed by atoms with E-state index in [0.29, 0.717) is 43.9 Å². The minimum atomic E-state index is -4.37. The van der Waals surface area contributed by atoms with Crippen molar-refractivity contribution in [2.45, 2.75) is 19.3 Å². The van der Waals surface area contributed by atoms with Crippen LogP contribution in [0.4, 0.5) is 22.0 Å². The second-order valence-electron chi connectivity index (χ2n) is 7.08. The average Bonchev–Trinajstić information content (AvgIpc) is 2.73. The highest BCUT2D eigenvalue weighted by atomic mass is 19.4. The Labute approximate surface area is 176 Å². The van der Waals surface area contributed by atoms with Gasteiger partial charge in [0.15, 0.2) is 0 Å². The number of carbonyl (C=O) groups is 1. The number of halogens is 5. The van der Waals surface area contributed by atoms with E-state index in [1.54, 1.807) is 29.2 Å². The average molecular weight is 440 g/mol. The Morgan fingerprint density at radius 3 is 2.32 bits per heavy atom. The largest absolute Gasteiger partial charge is 0.435 e. The number of carbonyl (C=O) groups excluding carboxylic acids is 1. The fourth-order valence-electron chi connectivity index (χ4n) is 3.26. The Morgan fingerprint density at radius 1 is 1.03 bits per heavy atom. The fourth-order valence-corrected chi connectivity index (χ4v) is 3.26. The van der Waals surface area contributed by atoms with Crippen molar-refractivity contribution in [3.8, 4) is 5.75 Å². The smallest absolute Gasteiger partial charge is 0.416 e. The van der Waals surface area contributed by atoms with Gasteiger partial charge in [0.1, 0.15) is 5.75 Å². The molecular weight excluding hydrogens is 419 g/mol.